The summed E-state index contributed by atoms with van der Waals surface area (Å²) >= 11 is 0. The van der Waals surface area contributed by atoms with Crippen molar-refractivity contribution < 1.29 is 28.2 Å². The molecule has 2 aromatic rings. The van der Waals surface area contributed by atoms with Crippen molar-refractivity contribution in [3.63, 3.8) is 0 Å². The molecule has 0 atom stereocenters. The molecule has 0 saturated heterocycles. The minimum absolute atomic E-state index is 0.0256. The van der Waals surface area contributed by atoms with E-state index in [0.717, 1.165) is 0 Å². The summed E-state index contributed by atoms with van der Waals surface area (Å²) in [7, 11) is 2.89. The number of carbonyl (C=O) groups excluding carboxylic acids is 2. The van der Waals surface area contributed by atoms with Crippen LogP contribution >= 0.6 is 0 Å². The molecule has 0 fully saturated rings. The molecular weight excluding hydrogens is 391 g/mol. The molecule has 0 unspecified atom stereocenters. The van der Waals surface area contributed by atoms with Gasteiger partial charge in [0.2, 0.25) is 11.8 Å². The highest BCUT2D eigenvalue weighted by molar-refractivity contribution is 5.95. The number of nitrogens with one attached hydrogen (secondary N) is 1. The lowest BCUT2D eigenvalue weighted by Gasteiger charge is -2.18. The summed E-state index contributed by atoms with van der Waals surface area (Å²) in [6.45, 7) is 4.54. The van der Waals surface area contributed by atoms with Gasteiger partial charge in [0.25, 0.3) is 0 Å². The normalized spacial score (nSPS) is 10.3. The SMILES string of the molecule is CCOc1ccc(NC(=O)CN(C)C(=O)Cc2ccc(OC)c(F)c2)cc1OCC. The topological polar surface area (TPSA) is 77.1 Å². The Bertz CT molecular complexity index is 888. The third kappa shape index (κ3) is 6.37. The van der Waals surface area contributed by atoms with Gasteiger partial charge in [-0.3, -0.25) is 9.59 Å². The van der Waals surface area contributed by atoms with E-state index >= 15 is 0 Å². The molecule has 8 heteroatoms. The van der Waals surface area contributed by atoms with Crippen molar-refractivity contribution in [2.24, 2.45) is 0 Å². The van der Waals surface area contributed by atoms with E-state index in [1.54, 1.807) is 24.3 Å². The minimum Gasteiger partial charge on any atom is -0.494 e. The number of likely N-dealkylation sites (N-methyl/N-ethyl adjacent to an activating group) is 1. The molecule has 0 aliphatic heterocycles. The Balaban J connectivity index is 1.95. The zero-order valence-corrected chi connectivity index (χ0v) is 17.7. The van der Waals surface area contributed by atoms with Crippen LogP contribution in [0.3, 0.4) is 0 Å². The predicted molar refractivity (Wildman–Crippen MR) is 112 cm³/mol. The van der Waals surface area contributed by atoms with Crippen LogP contribution in [0.2, 0.25) is 0 Å². The summed E-state index contributed by atoms with van der Waals surface area (Å²) in [5.41, 5.74) is 1.03. The summed E-state index contributed by atoms with van der Waals surface area (Å²) < 4.78 is 29.7. The first-order valence-corrected chi connectivity index (χ1v) is 9.63. The van der Waals surface area contributed by atoms with E-state index in [2.05, 4.69) is 5.32 Å². The zero-order valence-electron chi connectivity index (χ0n) is 17.7. The van der Waals surface area contributed by atoms with Gasteiger partial charge >= 0.3 is 0 Å². The fourth-order valence-electron chi connectivity index (χ4n) is 2.76. The van der Waals surface area contributed by atoms with Gasteiger partial charge < -0.3 is 24.4 Å². The first-order chi connectivity index (χ1) is 14.4. The molecule has 1 N–H and O–H groups in total. The second-order valence-corrected chi connectivity index (χ2v) is 6.47. The van der Waals surface area contributed by atoms with E-state index in [1.165, 1.54) is 31.2 Å². The Morgan fingerprint density at radius 1 is 1.00 bits per heavy atom. The molecule has 0 aromatic heterocycles. The van der Waals surface area contributed by atoms with E-state index in [1.807, 2.05) is 13.8 Å². The molecule has 0 heterocycles. The zero-order chi connectivity index (χ0) is 22.1. The molecular formula is C22H27FN2O5. The highest BCUT2D eigenvalue weighted by Gasteiger charge is 2.16. The number of methoxy groups -OCH3 is 1. The maximum Gasteiger partial charge on any atom is 0.243 e. The standard InChI is InChI=1S/C22H27FN2O5/c1-5-29-19-10-8-16(13-20(19)30-6-2)24-21(26)14-25(3)22(27)12-15-7-9-18(28-4)17(23)11-15/h7-11,13H,5-6,12,14H2,1-4H3,(H,24,26). The van der Waals surface area contributed by atoms with E-state index in [9.17, 15) is 14.0 Å². The highest BCUT2D eigenvalue weighted by atomic mass is 19.1. The van der Waals surface area contributed by atoms with Crippen molar-refractivity contribution >= 4 is 17.5 Å². The van der Waals surface area contributed by atoms with Crippen LogP contribution in [0.5, 0.6) is 17.2 Å². The molecule has 162 valence electrons. The van der Waals surface area contributed by atoms with Crippen molar-refractivity contribution in [3.05, 3.63) is 47.8 Å². The summed E-state index contributed by atoms with van der Waals surface area (Å²) in [5, 5.41) is 2.74. The third-order valence-corrected chi connectivity index (χ3v) is 4.21. The fraction of sp³-hybridized carbons (Fsp3) is 0.364. The van der Waals surface area contributed by atoms with Gasteiger partial charge in [-0.15, -0.1) is 0 Å². The van der Waals surface area contributed by atoms with Crippen LogP contribution in [0.4, 0.5) is 10.1 Å². The van der Waals surface area contributed by atoms with Gasteiger partial charge in [-0.05, 0) is 43.7 Å². The molecule has 30 heavy (non-hydrogen) atoms. The molecule has 0 aliphatic carbocycles. The summed E-state index contributed by atoms with van der Waals surface area (Å²) in [5.74, 6) is 0.0266. The Morgan fingerprint density at radius 2 is 1.67 bits per heavy atom. The monoisotopic (exact) mass is 418 g/mol. The second-order valence-electron chi connectivity index (χ2n) is 6.47. The van der Waals surface area contributed by atoms with Crippen LogP contribution in [-0.2, 0) is 16.0 Å². The molecule has 0 aliphatic rings. The van der Waals surface area contributed by atoms with Crippen LogP contribution in [0, 0.1) is 5.82 Å². The number of benzene rings is 2. The van der Waals surface area contributed by atoms with Crippen LogP contribution in [0.25, 0.3) is 0 Å². The Labute approximate surface area is 175 Å². The average molecular weight is 418 g/mol. The largest absolute Gasteiger partial charge is 0.494 e. The number of carbonyl (C=O) groups is 2. The lowest BCUT2D eigenvalue weighted by Crippen LogP contribution is -2.35. The Kier molecular flexibility index (Phi) is 8.46. The van der Waals surface area contributed by atoms with Crippen LogP contribution < -0.4 is 19.5 Å². The summed E-state index contributed by atoms with van der Waals surface area (Å²) in [6, 6.07) is 9.42. The smallest absolute Gasteiger partial charge is 0.243 e. The predicted octanol–water partition coefficient (Wildman–Crippen LogP) is 3.27. The van der Waals surface area contributed by atoms with Gasteiger partial charge in [0.1, 0.15) is 0 Å². The molecule has 0 bridgehead atoms. The van der Waals surface area contributed by atoms with Gasteiger partial charge in [-0.25, -0.2) is 4.39 Å². The number of hydrogen-bond acceptors (Lipinski definition) is 5. The quantitative estimate of drug-likeness (QED) is 0.641. The molecule has 0 radical (unpaired) electrons. The van der Waals surface area contributed by atoms with Crippen molar-refractivity contribution in [2.75, 3.05) is 39.2 Å². The molecule has 2 amide bonds. The number of amides is 2. The maximum absolute atomic E-state index is 13.8. The second kappa shape index (κ2) is 11.0. The number of ether oxygens (including phenoxy) is 3. The fourth-order valence-corrected chi connectivity index (χ4v) is 2.76. The van der Waals surface area contributed by atoms with Gasteiger partial charge in [0, 0.05) is 18.8 Å². The van der Waals surface area contributed by atoms with Crippen LogP contribution in [-0.4, -0.2) is 50.6 Å². The average Bonchev–Trinajstić information content (AvgIpc) is 2.70. The minimum atomic E-state index is -0.538. The highest BCUT2D eigenvalue weighted by Crippen LogP contribution is 2.30. The van der Waals surface area contributed by atoms with Gasteiger partial charge in [-0.1, -0.05) is 6.07 Å². The van der Waals surface area contributed by atoms with E-state index in [0.29, 0.717) is 36.0 Å². The number of anilines is 1. The van der Waals surface area contributed by atoms with Crippen molar-refractivity contribution in [1.29, 1.82) is 0 Å². The summed E-state index contributed by atoms with van der Waals surface area (Å²) in [4.78, 5) is 26.0. The molecule has 2 aromatic carbocycles. The van der Waals surface area contributed by atoms with Crippen molar-refractivity contribution in [2.45, 2.75) is 20.3 Å². The van der Waals surface area contributed by atoms with Crippen molar-refractivity contribution in [3.8, 4) is 17.2 Å². The van der Waals surface area contributed by atoms with Gasteiger partial charge in [0.15, 0.2) is 23.1 Å². The lowest BCUT2D eigenvalue weighted by molar-refractivity contribution is -0.132. The number of rotatable bonds is 10. The first kappa shape index (κ1) is 23.0. The van der Waals surface area contributed by atoms with Gasteiger partial charge in [0.05, 0.1) is 33.3 Å². The molecule has 0 saturated carbocycles. The number of halogens is 1. The summed E-state index contributed by atoms with van der Waals surface area (Å²) in [6.07, 6.45) is -0.0256. The maximum atomic E-state index is 13.8. The molecule has 2 rings (SSSR count). The Hall–Kier alpha value is -3.29. The van der Waals surface area contributed by atoms with E-state index in [-0.39, 0.29) is 30.5 Å². The molecule has 7 nitrogen and oxygen atoms in total. The number of hydrogen-bond donors (Lipinski definition) is 1. The first-order valence-electron chi connectivity index (χ1n) is 9.63. The van der Waals surface area contributed by atoms with E-state index < -0.39 is 5.82 Å². The van der Waals surface area contributed by atoms with Gasteiger partial charge in [-0.2, -0.15) is 0 Å². The number of nitrogens with zero attached hydrogens (tertiary/aromatic N) is 1. The van der Waals surface area contributed by atoms with E-state index in [4.69, 9.17) is 14.2 Å². The molecule has 0 spiro atoms. The van der Waals surface area contributed by atoms with Crippen molar-refractivity contribution in [1.82, 2.24) is 4.90 Å². The lowest BCUT2D eigenvalue weighted by atomic mass is 10.1. The van der Waals surface area contributed by atoms with Crippen LogP contribution in [0.1, 0.15) is 19.4 Å². The Morgan fingerprint density at radius 3 is 2.30 bits per heavy atom. The van der Waals surface area contributed by atoms with Crippen LogP contribution in [0.15, 0.2) is 36.4 Å². The third-order valence-electron chi connectivity index (χ3n) is 4.21.